The SMILES string of the molecule is CCCCCOC1=CCC(=O)OC1C(CO)CN=O. The number of hydrogen-bond acceptors (Lipinski definition) is 6. The molecular weight excluding hydrogens is 250 g/mol. The molecule has 0 aliphatic carbocycles. The third-order valence-electron chi connectivity index (χ3n) is 3.00. The lowest BCUT2D eigenvalue weighted by Gasteiger charge is -2.28. The smallest absolute Gasteiger partial charge is 0.310 e. The number of ether oxygens (including phenoxy) is 2. The van der Waals surface area contributed by atoms with Crippen LogP contribution in [0.15, 0.2) is 17.0 Å². The van der Waals surface area contributed by atoms with Crippen molar-refractivity contribution in [3.05, 3.63) is 16.7 Å². The van der Waals surface area contributed by atoms with Crippen LogP contribution in [0.2, 0.25) is 0 Å². The Kier molecular flexibility index (Phi) is 7.10. The van der Waals surface area contributed by atoms with Crippen molar-refractivity contribution >= 4 is 5.97 Å². The lowest BCUT2D eigenvalue weighted by atomic mass is 9.99. The van der Waals surface area contributed by atoms with Crippen LogP contribution in [0, 0.1) is 10.8 Å². The molecule has 2 atom stereocenters. The predicted molar refractivity (Wildman–Crippen MR) is 69.3 cm³/mol. The van der Waals surface area contributed by atoms with Crippen molar-refractivity contribution in [1.82, 2.24) is 0 Å². The summed E-state index contributed by atoms with van der Waals surface area (Å²) in [5.41, 5.74) is 0. The largest absolute Gasteiger partial charge is 0.494 e. The van der Waals surface area contributed by atoms with Crippen LogP contribution in [0.5, 0.6) is 0 Å². The zero-order chi connectivity index (χ0) is 14.1. The Morgan fingerprint density at radius 1 is 1.58 bits per heavy atom. The maximum absolute atomic E-state index is 11.3. The monoisotopic (exact) mass is 271 g/mol. The fourth-order valence-electron chi connectivity index (χ4n) is 1.90. The van der Waals surface area contributed by atoms with Gasteiger partial charge in [0, 0.05) is 5.92 Å². The molecule has 0 aromatic rings. The van der Waals surface area contributed by atoms with Crippen molar-refractivity contribution < 1.29 is 19.4 Å². The molecule has 2 unspecified atom stereocenters. The first-order valence-electron chi connectivity index (χ1n) is 6.65. The lowest BCUT2D eigenvalue weighted by Crippen LogP contribution is -2.36. The molecule has 0 saturated carbocycles. The van der Waals surface area contributed by atoms with Gasteiger partial charge >= 0.3 is 5.97 Å². The summed E-state index contributed by atoms with van der Waals surface area (Å²) in [4.78, 5) is 21.6. The second-order valence-electron chi connectivity index (χ2n) is 4.53. The van der Waals surface area contributed by atoms with E-state index in [0.717, 1.165) is 19.3 Å². The predicted octanol–water partition coefficient (Wildman–Crippen LogP) is 1.77. The summed E-state index contributed by atoms with van der Waals surface area (Å²) in [7, 11) is 0. The minimum absolute atomic E-state index is 0.107. The molecule has 0 aromatic carbocycles. The normalized spacial score (nSPS) is 20.4. The van der Waals surface area contributed by atoms with E-state index in [1.54, 1.807) is 6.08 Å². The number of aliphatic hydroxyl groups is 1. The van der Waals surface area contributed by atoms with E-state index >= 15 is 0 Å². The van der Waals surface area contributed by atoms with Crippen LogP contribution < -0.4 is 0 Å². The molecule has 108 valence electrons. The fraction of sp³-hybridized carbons (Fsp3) is 0.769. The van der Waals surface area contributed by atoms with Crippen molar-refractivity contribution in [3.8, 4) is 0 Å². The number of rotatable bonds is 9. The number of nitrogens with zero attached hydrogens (tertiary/aromatic N) is 1. The Balaban J connectivity index is 2.62. The van der Waals surface area contributed by atoms with Gasteiger partial charge in [0.2, 0.25) is 0 Å². The van der Waals surface area contributed by atoms with E-state index in [0.29, 0.717) is 12.4 Å². The molecule has 0 spiro atoms. The third kappa shape index (κ3) is 4.98. The van der Waals surface area contributed by atoms with Crippen LogP contribution in [0.1, 0.15) is 32.6 Å². The second-order valence-corrected chi connectivity index (χ2v) is 4.53. The maximum atomic E-state index is 11.3. The van der Waals surface area contributed by atoms with Gasteiger partial charge in [-0.25, -0.2) is 0 Å². The molecule has 0 amide bonds. The zero-order valence-corrected chi connectivity index (χ0v) is 11.2. The minimum atomic E-state index is -0.703. The number of carbonyl (C=O) groups is 1. The molecule has 1 rings (SSSR count). The van der Waals surface area contributed by atoms with E-state index in [1.807, 2.05) is 0 Å². The van der Waals surface area contributed by atoms with Crippen molar-refractivity contribution in [2.24, 2.45) is 11.1 Å². The summed E-state index contributed by atoms with van der Waals surface area (Å²) in [6.07, 6.45) is 4.20. The van der Waals surface area contributed by atoms with Crippen LogP contribution in [-0.4, -0.2) is 36.9 Å². The Labute approximate surface area is 112 Å². The third-order valence-corrected chi connectivity index (χ3v) is 3.00. The number of esters is 1. The number of cyclic esters (lactones) is 1. The average Bonchev–Trinajstić information content (AvgIpc) is 2.42. The maximum Gasteiger partial charge on any atom is 0.310 e. The quantitative estimate of drug-likeness (QED) is 0.392. The topological polar surface area (TPSA) is 85.2 Å². The zero-order valence-electron chi connectivity index (χ0n) is 11.2. The molecule has 1 heterocycles. The van der Waals surface area contributed by atoms with Gasteiger partial charge in [-0.3, -0.25) is 4.79 Å². The van der Waals surface area contributed by atoms with E-state index in [9.17, 15) is 14.8 Å². The van der Waals surface area contributed by atoms with Crippen molar-refractivity contribution in [3.63, 3.8) is 0 Å². The highest BCUT2D eigenvalue weighted by atomic mass is 16.6. The van der Waals surface area contributed by atoms with Gasteiger partial charge in [0.15, 0.2) is 6.10 Å². The standard InChI is InChI=1S/C13H21NO5/c1-2-3-4-7-18-11-5-6-12(16)19-13(11)10(9-15)8-14-17/h5,10,13,15H,2-4,6-9H2,1H3. The Bertz CT molecular complexity index is 329. The first kappa shape index (κ1) is 15.6. The molecule has 0 saturated heterocycles. The van der Waals surface area contributed by atoms with Crippen molar-refractivity contribution in [2.75, 3.05) is 19.8 Å². The Morgan fingerprint density at radius 3 is 3.00 bits per heavy atom. The van der Waals surface area contributed by atoms with Gasteiger partial charge in [-0.05, 0) is 12.5 Å². The summed E-state index contributed by atoms with van der Waals surface area (Å²) in [5, 5.41) is 12.0. The first-order chi connectivity index (χ1) is 9.22. The van der Waals surface area contributed by atoms with Gasteiger partial charge in [-0.2, -0.15) is 4.91 Å². The van der Waals surface area contributed by atoms with Gasteiger partial charge in [0.25, 0.3) is 0 Å². The van der Waals surface area contributed by atoms with Crippen molar-refractivity contribution in [2.45, 2.75) is 38.7 Å². The number of aliphatic hydroxyl groups excluding tert-OH is 1. The summed E-state index contributed by atoms with van der Waals surface area (Å²) < 4.78 is 10.8. The summed E-state index contributed by atoms with van der Waals surface area (Å²) in [6, 6.07) is 0. The molecule has 1 aliphatic rings. The molecule has 1 aliphatic heterocycles. The van der Waals surface area contributed by atoms with Gasteiger partial charge in [-0.1, -0.05) is 24.9 Å². The van der Waals surface area contributed by atoms with Crippen LogP contribution in [0.3, 0.4) is 0 Å². The van der Waals surface area contributed by atoms with Crippen LogP contribution in [0.4, 0.5) is 0 Å². The minimum Gasteiger partial charge on any atom is -0.494 e. The van der Waals surface area contributed by atoms with E-state index < -0.39 is 12.0 Å². The summed E-state index contributed by atoms with van der Waals surface area (Å²) in [6.45, 7) is 2.26. The van der Waals surface area contributed by atoms with E-state index in [-0.39, 0.29) is 25.5 Å². The van der Waals surface area contributed by atoms with Crippen LogP contribution in [0.25, 0.3) is 0 Å². The number of nitroso groups, excluding NO2 is 1. The molecule has 6 nitrogen and oxygen atoms in total. The molecule has 1 N–H and O–H groups in total. The van der Waals surface area contributed by atoms with Crippen LogP contribution >= 0.6 is 0 Å². The summed E-state index contributed by atoms with van der Waals surface area (Å²) in [5.74, 6) is -0.396. The van der Waals surface area contributed by atoms with E-state index in [4.69, 9.17) is 9.47 Å². The average molecular weight is 271 g/mol. The van der Waals surface area contributed by atoms with E-state index in [1.165, 1.54) is 0 Å². The molecular formula is C13H21NO5. The molecule has 0 fully saturated rings. The van der Waals surface area contributed by atoms with Gasteiger partial charge in [0.1, 0.15) is 5.76 Å². The first-order valence-corrected chi connectivity index (χ1v) is 6.65. The molecule has 6 heteroatoms. The highest BCUT2D eigenvalue weighted by Gasteiger charge is 2.32. The van der Waals surface area contributed by atoms with Gasteiger partial charge in [0.05, 0.1) is 26.2 Å². The summed E-state index contributed by atoms with van der Waals surface area (Å²) >= 11 is 0. The number of unbranched alkanes of at least 4 members (excludes halogenated alkanes) is 2. The Morgan fingerprint density at radius 2 is 2.37 bits per heavy atom. The molecule has 0 aromatic heterocycles. The van der Waals surface area contributed by atoms with Crippen LogP contribution in [-0.2, 0) is 14.3 Å². The van der Waals surface area contributed by atoms with Gasteiger partial charge in [-0.15, -0.1) is 0 Å². The highest BCUT2D eigenvalue weighted by molar-refractivity contribution is 5.73. The van der Waals surface area contributed by atoms with E-state index in [2.05, 4.69) is 12.1 Å². The Hall–Kier alpha value is -1.43. The molecule has 19 heavy (non-hydrogen) atoms. The van der Waals surface area contributed by atoms with Crippen molar-refractivity contribution in [1.29, 1.82) is 0 Å². The number of carbonyl (C=O) groups excluding carboxylic acids is 1. The molecule has 0 radical (unpaired) electrons. The highest BCUT2D eigenvalue weighted by Crippen LogP contribution is 2.24. The molecule has 0 bridgehead atoms. The van der Waals surface area contributed by atoms with Gasteiger partial charge < -0.3 is 14.6 Å². The fourth-order valence-corrected chi connectivity index (χ4v) is 1.90. The lowest BCUT2D eigenvalue weighted by molar-refractivity contribution is -0.153. The second kappa shape index (κ2) is 8.63. The number of hydrogen-bond donors (Lipinski definition) is 1.